The first-order chi connectivity index (χ1) is 9.75. The van der Waals surface area contributed by atoms with Crippen LogP contribution in [-0.4, -0.2) is 23.1 Å². The maximum Gasteiger partial charge on any atom is 0.391 e. The smallest absolute Gasteiger partial charge is 0.349 e. The number of nitrogens with two attached hydrogens (primary N) is 1. The molecule has 8 heteroatoms. The number of carbonyl (C=O) groups is 1. The zero-order valence-electron chi connectivity index (χ0n) is 11.9. The molecule has 1 unspecified atom stereocenters. The van der Waals surface area contributed by atoms with Gasteiger partial charge in [0.05, 0.1) is 6.42 Å². The van der Waals surface area contributed by atoms with Gasteiger partial charge in [0, 0.05) is 17.3 Å². The monoisotopic (exact) mass is 304 g/mol. The predicted octanol–water partition coefficient (Wildman–Crippen LogP) is 2.39. The lowest BCUT2D eigenvalue weighted by Crippen LogP contribution is -2.36. The number of halogens is 3. The van der Waals surface area contributed by atoms with Crippen LogP contribution in [0.2, 0.25) is 0 Å². The SMILES string of the molecule is CCCc1cc(C(=O)NC(C)CC(F)(F)F)cc(NN)n1. The van der Waals surface area contributed by atoms with Gasteiger partial charge in [0.2, 0.25) is 0 Å². The van der Waals surface area contributed by atoms with Crippen molar-refractivity contribution in [2.24, 2.45) is 5.84 Å². The van der Waals surface area contributed by atoms with Crippen molar-refractivity contribution in [2.45, 2.75) is 45.3 Å². The van der Waals surface area contributed by atoms with Crippen LogP contribution in [0.1, 0.15) is 42.7 Å². The second-order valence-corrected chi connectivity index (χ2v) is 4.82. The maximum absolute atomic E-state index is 12.3. The molecule has 1 heterocycles. The molecule has 0 aliphatic rings. The van der Waals surface area contributed by atoms with Crippen LogP contribution in [-0.2, 0) is 6.42 Å². The number of hydrazine groups is 1. The van der Waals surface area contributed by atoms with Crippen LogP contribution in [0.3, 0.4) is 0 Å². The molecule has 0 saturated heterocycles. The van der Waals surface area contributed by atoms with Crippen molar-refractivity contribution in [1.29, 1.82) is 0 Å². The van der Waals surface area contributed by atoms with E-state index in [1.165, 1.54) is 13.0 Å². The first-order valence-corrected chi connectivity index (χ1v) is 6.60. The number of carbonyl (C=O) groups excluding carboxylic acids is 1. The van der Waals surface area contributed by atoms with E-state index >= 15 is 0 Å². The second kappa shape index (κ2) is 7.26. The molecule has 0 aromatic carbocycles. The number of nitrogen functional groups attached to an aromatic ring is 1. The van der Waals surface area contributed by atoms with Crippen molar-refractivity contribution in [3.05, 3.63) is 23.4 Å². The van der Waals surface area contributed by atoms with Crippen LogP contribution in [0, 0.1) is 0 Å². The number of pyridine rings is 1. The molecule has 0 aliphatic carbocycles. The Kier molecular flexibility index (Phi) is 5.95. The van der Waals surface area contributed by atoms with Gasteiger partial charge in [-0.25, -0.2) is 10.8 Å². The Morgan fingerprint density at radius 1 is 1.43 bits per heavy atom. The molecular weight excluding hydrogens is 285 g/mol. The van der Waals surface area contributed by atoms with E-state index in [0.717, 1.165) is 6.42 Å². The van der Waals surface area contributed by atoms with E-state index in [1.807, 2.05) is 6.92 Å². The number of aryl methyl sites for hydroxylation is 1. The summed E-state index contributed by atoms with van der Waals surface area (Å²) >= 11 is 0. The molecule has 0 aliphatic heterocycles. The average Bonchev–Trinajstić information content (AvgIpc) is 2.36. The summed E-state index contributed by atoms with van der Waals surface area (Å²) in [5.41, 5.74) is 3.23. The Morgan fingerprint density at radius 2 is 2.10 bits per heavy atom. The number of nitrogens with zero attached hydrogens (tertiary/aromatic N) is 1. The van der Waals surface area contributed by atoms with Gasteiger partial charge in [0.25, 0.3) is 5.91 Å². The third-order valence-corrected chi connectivity index (χ3v) is 2.71. The summed E-state index contributed by atoms with van der Waals surface area (Å²) < 4.78 is 36.8. The zero-order chi connectivity index (χ0) is 16.0. The summed E-state index contributed by atoms with van der Waals surface area (Å²) in [7, 11) is 0. The topological polar surface area (TPSA) is 80.0 Å². The molecule has 118 valence electrons. The number of rotatable bonds is 6. The van der Waals surface area contributed by atoms with Crippen molar-refractivity contribution in [1.82, 2.24) is 10.3 Å². The van der Waals surface area contributed by atoms with E-state index in [9.17, 15) is 18.0 Å². The van der Waals surface area contributed by atoms with E-state index in [1.54, 1.807) is 6.07 Å². The fraction of sp³-hybridized carbons (Fsp3) is 0.538. The van der Waals surface area contributed by atoms with Gasteiger partial charge in [-0.2, -0.15) is 13.2 Å². The van der Waals surface area contributed by atoms with E-state index in [-0.39, 0.29) is 5.56 Å². The number of anilines is 1. The minimum Gasteiger partial charge on any atom is -0.349 e. The van der Waals surface area contributed by atoms with Crippen LogP contribution in [0.4, 0.5) is 19.0 Å². The lowest BCUT2D eigenvalue weighted by molar-refractivity contribution is -0.138. The summed E-state index contributed by atoms with van der Waals surface area (Å²) in [6, 6.07) is 1.95. The molecule has 21 heavy (non-hydrogen) atoms. The van der Waals surface area contributed by atoms with Gasteiger partial charge >= 0.3 is 6.18 Å². The Bertz CT molecular complexity index is 491. The van der Waals surface area contributed by atoms with Gasteiger partial charge in [-0.3, -0.25) is 4.79 Å². The van der Waals surface area contributed by atoms with Crippen LogP contribution >= 0.6 is 0 Å². The number of nitrogens with one attached hydrogen (secondary N) is 2. The number of amides is 1. The second-order valence-electron chi connectivity index (χ2n) is 4.82. The highest BCUT2D eigenvalue weighted by Crippen LogP contribution is 2.21. The number of aromatic nitrogens is 1. The van der Waals surface area contributed by atoms with Gasteiger partial charge in [-0.05, 0) is 25.5 Å². The van der Waals surface area contributed by atoms with Crippen molar-refractivity contribution in [3.63, 3.8) is 0 Å². The molecule has 0 radical (unpaired) electrons. The highest BCUT2D eigenvalue weighted by Gasteiger charge is 2.30. The first kappa shape index (κ1) is 17.2. The first-order valence-electron chi connectivity index (χ1n) is 6.60. The normalized spacial score (nSPS) is 12.9. The van der Waals surface area contributed by atoms with Crippen molar-refractivity contribution >= 4 is 11.7 Å². The van der Waals surface area contributed by atoms with E-state index in [4.69, 9.17) is 5.84 Å². The molecule has 1 aromatic rings. The lowest BCUT2D eigenvalue weighted by atomic mass is 10.1. The van der Waals surface area contributed by atoms with Crippen LogP contribution < -0.4 is 16.6 Å². The molecule has 1 aromatic heterocycles. The summed E-state index contributed by atoms with van der Waals surface area (Å²) in [4.78, 5) is 16.2. The van der Waals surface area contributed by atoms with Crippen LogP contribution in [0.15, 0.2) is 12.1 Å². The van der Waals surface area contributed by atoms with Gasteiger partial charge < -0.3 is 10.7 Å². The fourth-order valence-corrected chi connectivity index (χ4v) is 1.88. The average molecular weight is 304 g/mol. The fourth-order valence-electron chi connectivity index (χ4n) is 1.88. The Labute approximate surface area is 121 Å². The quantitative estimate of drug-likeness (QED) is 0.557. The van der Waals surface area contributed by atoms with Crippen molar-refractivity contribution in [2.75, 3.05) is 5.43 Å². The molecule has 0 fully saturated rings. The number of hydrogen-bond acceptors (Lipinski definition) is 4. The summed E-state index contributed by atoms with van der Waals surface area (Å²) in [5.74, 6) is 5.00. The summed E-state index contributed by atoms with van der Waals surface area (Å²) in [5, 5.41) is 2.32. The Hall–Kier alpha value is -1.83. The van der Waals surface area contributed by atoms with Gasteiger partial charge in [0.15, 0.2) is 0 Å². The molecule has 1 atom stereocenters. The Morgan fingerprint density at radius 3 is 2.62 bits per heavy atom. The number of hydrogen-bond donors (Lipinski definition) is 3. The van der Waals surface area contributed by atoms with Crippen molar-refractivity contribution in [3.8, 4) is 0 Å². The van der Waals surface area contributed by atoms with Gasteiger partial charge in [-0.1, -0.05) is 13.3 Å². The highest BCUT2D eigenvalue weighted by molar-refractivity contribution is 5.95. The molecule has 4 N–H and O–H groups in total. The largest absolute Gasteiger partial charge is 0.391 e. The minimum atomic E-state index is -4.32. The molecular formula is C13H19F3N4O. The van der Waals surface area contributed by atoms with E-state index in [2.05, 4.69) is 15.7 Å². The van der Waals surface area contributed by atoms with Crippen LogP contribution in [0.25, 0.3) is 0 Å². The summed E-state index contributed by atoms with van der Waals surface area (Å²) in [6.07, 6.45) is -3.92. The predicted molar refractivity (Wildman–Crippen MR) is 73.6 cm³/mol. The number of alkyl halides is 3. The van der Waals surface area contributed by atoms with Crippen LogP contribution in [0.5, 0.6) is 0 Å². The molecule has 1 rings (SSSR count). The third kappa shape index (κ3) is 5.99. The van der Waals surface area contributed by atoms with E-state index in [0.29, 0.717) is 17.9 Å². The zero-order valence-corrected chi connectivity index (χ0v) is 11.9. The van der Waals surface area contributed by atoms with E-state index < -0.39 is 24.5 Å². The molecule has 0 bridgehead atoms. The molecule has 5 nitrogen and oxygen atoms in total. The lowest BCUT2D eigenvalue weighted by Gasteiger charge is -2.16. The molecule has 1 amide bonds. The van der Waals surface area contributed by atoms with Gasteiger partial charge in [-0.15, -0.1) is 0 Å². The Balaban J connectivity index is 2.83. The maximum atomic E-state index is 12.3. The highest BCUT2D eigenvalue weighted by atomic mass is 19.4. The standard InChI is InChI=1S/C13H19F3N4O/c1-3-4-10-5-9(6-11(19-10)20-17)12(21)18-8(2)7-13(14,15)16/h5-6,8H,3-4,7,17H2,1-2H3,(H,18,21)(H,19,20). The minimum absolute atomic E-state index is 0.232. The van der Waals surface area contributed by atoms with Gasteiger partial charge in [0.1, 0.15) is 5.82 Å². The molecule has 0 spiro atoms. The third-order valence-electron chi connectivity index (χ3n) is 2.71. The summed E-state index contributed by atoms with van der Waals surface area (Å²) in [6.45, 7) is 3.26. The molecule has 0 saturated carbocycles. The van der Waals surface area contributed by atoms with Crippen molar-refractivity contribution < 1.29 is 18.0 Å².